The van der Waals surface area contributed by atoms with Crippen molar-refractivity contribution in [2.24, 2.45) is 5.92 Å². The van der Waals surface area contributed by atoms with E-state index in [1.165, 1.54) is 0 Å². The van der Waals surface area contributed by atoms with Crippen LogP contribution in [-0.2, 0) is 11.2 Å². The first-order valence-corrected chi connectivity index (χ1v) is 7.82. The molecule has 1 heterocycles. The van der Waals surface area contributed by atoms with Crippen molar-refractivity contribution in [2.75, 3.05) is 13.2 Å². The smallest absolute Gasteiger partial charge is 0.303 e. The van der Waals surface area contributed by atoms with Gasteiger partial charge in [-0.15, -0.1) is 0 Å². The zero-order valence-electron chi connectivity index (χ0n) is 12.0. The van der Waals surface area contributed by atoms with Crippen LogP contribution in [0.15, 0.2) is 6.07 Å². The largest absolute Gasteiger partial charge is 0.486 e. The van der Waals surface area contributed by atoms with Gasteiger partial charge in [0, 0.05) is 5.56 Å². The Morgan fingerprint density at radius 2 is 2.05 bits per heavy atom. The Labute approximate surface area is 129 Å². The van der Waals surface area contributed by atoms with E-state index in [1.807, 2.05) is 6.07 Å². The first kappa shape index (κ1) is 14.5. The third kappa shape index (κ3) is 2.82. The van der Waals surface area contributed by atoms with Crippen molar-refractivity contribution in [3.05, 3.63) is 22.2 Å². The summed E-state index contributed by atoms with van der Waals surface area (Å²) in [5.41, 5.74) is 2.07. The summed E-state index contributed by atoms with van der Waals surface area (Å²) in [5.74, 6) is 1.02. The molecule has 1 aromatic rings. The van der Waals surface area contributed by atoms with Gasteiger partial charge in [-0.1, -0.05) is 18.5 Å². The van der Waals surface area contributed by atoms with Gasteiger partial charge in [0.05, 0.1) is 11.4 Å². The van der Waals surface area contributed by atoms with Crippen LogP contribution in [0.3, 0.4) is 0 Å². The molecule has 1 aliphatic heterocycles. The van der Waals surface area contributed by atoms with Crippen LogP contribution < -0.4 is 9.47 Å². The molecule has 0 radical (unpaired) electrons. The first-order chi connectivity index (χ1) is 10.1. The van der Waals surface area contributed by atoms with E-state index < -0.39 is 5.97 Å². The van der Waals surface area contributed by atoms with Gasteiger partial charge >= 0.3 is 5.97 Å². The highest BCUT2D eigenvalue weighted by atomic mass is 35.5. The Bertz CT molecular complexity index is 566. The van der Waals surface area contributed by atoms with Crippen LogP contribution in [0.25, 0.3) is 0 Å². The maximum Gasteiger partial charge on any atom is 0.303 e. The van der Waals surface area contributed by atoms with Crippen LogP contribution in [0.2, 0.25) is 5.02 Å². The lowest BCUT2D eigenvalue weighted by Gasteiger charge is -2.26. The summed E-state index contributed by atoms with van der Waals surface area (Å²) < 4.78 is 11.4. The second-order valence-electron chi connectivity index (χ2n) is 5.68. The molecule has 2 aliphatic rings. The Hall–Kier alpha value is -1.42. The molecule has 0 spiro atoms. The van der Waals surface area contributed by atoms with Crippen molar-refractivity contribution >= 4 is 17.6 Å². The number of carbonyl (C=O) groups is 1. The molecule has 114 valence electrons. The summed E-state index contributed by atoms with van der Waals surface area (Å²) in [6.07, 6.45) is 3.11. The van der Waals surface area contributed by atoms with E-state index in [0.29, 0.717) is 35.7 Å². The molecule has 0 aromatic heterocycles. The van der Waals surface area contributed by atoms with E-state index in [0.717, 1.165) is 30.4 Å². The van der Waals surface area contributed by atoms with E-state index in [1.54, 1.807) is 0 Å². The van der Waals surface area contributed by atoms with Crippen molar-refractivity contribution < 1.29 is 19.4 Å². The summed E-state index contributed by atoms with van der Waals surface area (Å²) in [7, 11) is 0. The summed E-state index contributed by atoms with van der Waals surface area (Å²) in [6.45, 7) is 3.05. The van der Waals surface area contributed by atoms with Gasteiger partial charge in [0.1, 0.15) is 13.2 Å². The predicted molar refractivity (Wildman–Crippen MR) is 79.5 cm³/mol. The maximum atomic E-state index is 11.2. The van der Waals surface area contributed by atoms with Gasteiger partial charge in [-0.3, -0.25) is 4.79 Å². The zero-order chi connectivity index (χ0) is 15.0. The predicted octanol–water partition coefficient (Wildman–Crippen LogP) is 3.64. The Morgan fingerprint density at radius 3 is 2.62 bits per heavy atom. The number of carboxylic acids is 1. The number of hydrogen-bond acceptors (Lipinski definition) is 3. The van der Waals surface area contributed by atoms with E-state index >= 15 is 0 Å². The third-order valence-electron chi connectivity index (χ3n) is 4.24. The molecule has 3 rings (SSSR count). The Morgan fingerprint density at radius 1 is 1.38 bits per heavy atom. The lowest BCUT2D eigenvalue weighted by Crippen LogP contribution is -2.19. The van der Waals surface area contributed by atoms with Gasteiger partial charge in [0.2, 0.25) is 0 Å². The second-order valence-corrected chi connectivity index (χ2v) is 6.08. The molecule has 0 bridgehead atoms. The monoisotopic (exact) mass is 310 g/mol. The molecule has 0 saturated heterocycles. The molecule has 1 saturated carbocycles. The van der Waals surface area contributed by atoms with E-state index in [2.05, 4.69) is 6.92 Å². The Kier molecular flexibility index (Phi) is 3.98. The molecule has 1 aromatic carbocycles. The summed E-state index contributed by atoms with van der Waals surface area (Å²) in [5, 5.41) is 9.73. The van der Waals surface area contributed by atoms with Gasteiger partial charge in [-0.25, -0.2) is 0 Å². The second kappa shape index (κ2) is 5.76. The third-order valence-corrected chi connectivity index (χ3v) is 4.52. The molecule has 1 fully saturated rings. The van der Waals surface area contributed by atoms with Crippen LogP contribution in [0.5, 0.6) is 11.5 Å². The standard InChI is InChI=1S/C16H19ClO4/c1-2-10-12(11(8-14(18)19)9-3-4-9)7-13(17)16-15(10)20-5-6-21-16/h7,9,11H,2-6,8H2,1H3,(H,18,19). The highest BCUT2D eigenvalue weighted by Gasteiger charge is 2.36. The van der Waals surface area contributed by atoms with Gasteiger partial charge in [0.25, 0.3) is 0 Å². The first-order valence-electron chi connectivity index (χ1n) is 7.44. The number of rotatable bonds is 5. The van der Waals surface area contributed by atoms with Crippen molar-refractivity contribution in [3.63, 3.8) is 0 Å². The number of halogens is 1. The summed E-state index contributed by atoms with van der Waals surface area (Å²) in [6, 6.07) is 1.89. The number of benzene rings is 1. The highest BCUT2D eigenvalue weighted by molar-refractivity contribution is 6.32. The fourth-order valence-electron chi connectivity index (χ4n) is 3.15. The number of hydrogen-bond donors (Lipinski definition) is 1. The Balaban J connectivity index is 2.07. The zero-order valence-corrected chi connectivity index (χ0v) is 12.8. The normalized spacial score (nSPS) is 18.4. The van der Waals surface area contributed by atoms with E-state index in [9.17, 15) is 9.90 Å². The van der Waals surface area contributed by atoms with Gasteiger partial charge in [-0.05, 0) is 42.7 Å². The molecule has 1 N–H and O–H groups in total. The minimum atomic E-state index is -0.764. The highest BCUT2D eigenvalue weighted by Crippen LogP contribution is 2.50. The van der Waals surface area contributed by atoms with Crippen LogP contribution in [0.1, 0.15) is 43.2 Å². The molecule has 5 heteroatoms. The van der Waals surface area contributed by atoms with Gasteiger partial charge in [0.15, 0.2) is 11.5 Å². The molecule has 21 heavy (non-hydrogen) atoms. The molecule has 4 nitrogen and oxygen atoms in total. The minimum absolute atomic E-state index is 0.0192. The lowest BCUT2D eigenvalue weighted by atomic mass is 9.86. The fraction of sp³-hybridized carbons (Fsp3) is 0.562. The van der Waals surface area contributed by atoms with Crippen LogP contribution in [0.4, 0.5) is 0 Å². The number of ether oxygens (including phenoxy) is 2. The average molecular weight is 311 g/mol. The van der Waals surface area contributed by atoms with Crippen molar-refractivity contribution in [1.29, 1.82) is 0 Å². The number of aliphatic carboxylic acids is 1. The molecule has 1 unspecified atom stereocenters. The van der Waals surface area contributed by atoms with Gasteiger partial charge < -0.3 is 14.6 Å². The number of fused-ring (bicyclic) bond motifs is 1. The SMILES string of the molecule is CCc1c(C(CC(=O)O)C2CC2)cc(Cl)c2c1OCCO2. The summed E-state index contributed by atoms with van der Waals surface area (Å²) >= 11 is 6.33. The molecule has 1 aliphatic carbocycles. The lowest BCUT2D eigenvalue weighted by molar-refractivity contribution is -0.137. The van der Waals surface area contributed by atoms with E-state index in [-0.39, 0.29) is 12.3 Å². The average Bonchev–Trinajstić information content (AvgIpc) is 3.29. The van der Waals surface area contributed by atoms with Crippen molar-refractivity contribution in [3.8, 4) is 11.5 Å². The van der Waals surface area contributed by atoms with E-state index in [4.69, 9.17) is 21.1 Å². The molecular formula is C16H19ClO4. The fourth-order valence-corrected chi connectivity index (χ4v) is 3.41. The summed E-state index contributed by atoms with van der Waals surface area (Å²) in [4.78, 5) is 11.2. The van der Waals surface area contributed by atoms with Crippen LogP contribution >= 0.6 is 11.6 Å². The topological polar surface area (TPSA) is 55.8 Å². The maximum absolute atomic E-state index is 11.2. The van der Waals surface area contributed by atoms with Gasteiger partial charge in [-0.2, -0.15) is 0 Å². The molecular weight excluding hydrogens is 292 g/mol. The van der Waals surface area contributed by atoms with Crippen LogP contribution in [0, 0.1) is 5.92 Å². The molecule has 1 atom stereocenters. The minimum Gasteiger partial charge on any atom is -0.486 e. The number of carboxylic acid groups (broad SMARTS) is 1. The van der Waals surface area contributed by atoms with Crippen LogP contribution in [-0.4, -0.2) is 24.3 Å². The van der Waals surface area contributed by atoms with Crippen molar-refractivity contribution in [1.82, 2.24) is 0 Å². The molecule has 0 amide bonds. The van der Waals surface area contributed by atoms with Crippen molar-refractivity contribution in [2.45, 2.75) is 38.5 Å². The quantitative estimate of drug-likeness (QED) is 0.902.